The molecule has 0 aromatic heterocycles. The molecule has 0 saturated heterocycles. The van der Waals surface area contributed by atoms with E-state index in [1.807, 2.05) is 0 Å². The topological polar surface area (TPSA) is 32.3 Å². The summed E-state index contributed by atoms with van der Waals surface area (Å²) < 4.78 is 0. The summed E-state index contributed by atoms with van der Waals surface area (Å²) in [5.41, 5.74) is 0. The van der Waals surface area contributed by atoms with E-state index in [0.717, 1.165) is 45.2 Å². The van der Waals surface area contributed by atoms with Gasteiger partial charge in [-0.25, -0.2) is 0 Å². The molecule has 0 heterocycles. The number of hydrogen-bond acceptors (Lipinski definition) is 2. The van der Waals surface area contributed by atoms with Gasteiger partial charge in [0.05, 0.1) is 0 Å². The van der Waals surface area contributed by atoms with Crippen molar-refractivity contribution < 1.29 is 5.11 Å². The van der Waals surface area contributed by atoms with Gasteiger partial charge in [-0.2, -0.15) is 0 Å². The second kappa shape index (κ2) is 11.5. The largest absolute Gasteiger partial charge is 0.396 e. The molecule has 0 spiro atoms. The molecule has 0 rings (SSSR count). The van der Waals surface area contributed by atoms with Crippen molar-refractivity contribution in [3.05, 3.63) is 0 Å². The maximum atomic E-state index is 8.53. The minimum absolute atomic E-state index is 0.322. The minimum atomic E-state index is 0.322. The molecule has 0 saturated carbocycles. The molecule has 2 heteroatoms. The summed E-state index contributed by atoms with van der Waals surface area (Å²) in [4.78, 5) is 0. The van der Waals surface area contributed by atoms with Gasteiger partial charge < -0.3 is 10.4 Å². The first-order chi connectivity index (χ1) is 6.41. The maximum absolute atomic E-state index is 8.53. The smallest absolute Gasteiger partial charge is 0.0431 e. The first-order valence-corrected chi connectivity index (χ1v) is 5.17. The lowest BCUT2D eigenvalue weighted by atomic mass is 10.2. The molecule has 0 fully saturated rings. The number of rotatable bonds is 9. The van der Waals surface area contributed by atoms with E-state index in [9.17, 15) is 0 Å². The molecule has 13 heavy (non-hydrogen) atoms. The molecule has 0 aromatic carbocycles. The molecule has 0 atom stereocenters. The van der Waals surface area contributed by atoms with Crippen LogP contribution in [0, 0.1) is 12.3 Å². The summed E-state index contributed by atoms with van der Waals surface area (Å²) in [6, 6.07) is 0. The molecule has 2 N–H and O–H groups in total. The van der Waals surface area contributed by atoms with Gasteiger partial charge in [-0.15, -0.1) is 12.3 Å². The lowest BCUT2D eigenvalue weighted by Gasteiger charge is -2.02. The van der Waals surface area contributed by atoms with Crippen LogP contribution in [0.25, 0.3) is 0 Å². The average Bonchev–Trinajstić information content (AvgIpc) is 2.16. The van der Waals surface area contributed by atoms with E-state index in [1.54, 1.807) is 0 Å². The number of terminal acetylenes is 1. The summed E-state index contributed by atoms with van der Waals surface area (Å²) in [7, 11) is 0. The van der Waals surface area contributed by atoms with Crippen LogP contribution in [0.15, 0.2) is 0 Å². The highest BCUT2D eigenvalue weighted by molar-refractivity contribution is 4.82. The highest BCUT2D eigenvalue weighted by Gasteiger charge is 1.89. The Morgan fingerprint density at radius 1 is 1.00 bits per heavy atom. The Hall–Kier alpha value is -0.520. The molecule has 0 radical (unpaired) electrons. The van der Waals surface area contributed by atoms with Crippen LogP contribution in [0.1, 0.15) is 38.5 Å². The Labute approximate surface area is 81.7 Å². The van der Waals surface area contributed by atoms with Gasteiger partial charge in [-0.05, 0) is 45.2 Å². The molecule has 2 nitrogen and oxygen atoms in total. The Bertz CT molecular complexity index is 129. The first-order valence-electron chi connectivity index (χ1n) is 5.17. The molecule has 0 aliphatic heterocycles. The minimum Gasteiger partial charge on any atom is -0.396 e. The van der Waals surface area contributed by atoms with Gasteiger partial charge >= 0.3 is 0 Å². The van der Waals surface area contributed by atoms with E-state index in [1.165, 1.54) is 6.42 Å². The van der Waals surface area contributed by atoms with Crippen LogP contribution in [0.5, 0.6) is 0 Å². The SMILES string of the molecule is C#CCCCCNCCCCCO. The van der Waals surface area contributed by atoms with E-state index in [4.69, 9.17) is 11.5 Å². The van der Waals surface area contributed by atoms with E-state index in [2.05, 4.69) is 11.2 Å². The van der Waals surface area contributed by atoms with Crippen LogP contribution in [-0.4, -0.2) is 24.8 Å². The molecule has 0 unspecified atom stereocenters. The molecule has 76 valence electrons. The maximum Gasteiger partial charge on any atom is 0.0431 e. The predicted octanol–water partition coefficient (Wildman–Crippen LogP) is 1.54. The summed E-state index contributed by atoms with van der Waals surface area (Å²) in [6.45, 7) is 2.46. The standard InChI is InChI=1S/C11H21NO/c1-2-3-4-6-9-12-10-7-5-8-11-13/h1,12-13H,3-11H2. The Morgan fingerprint density at radius 3 is 2.31 bits per heavy atom. The third-order valence-electron chi connectivity index (χ3n) is 1.94. The van der Waals surface area contributed by atoms with Crippen LogP contribution in [0.4, 0.5) is 0 Å². The van der Waals surface area contributed by atoms with Gasteiger partial charge in [0.1, 0.15) is 0 Å². The fourth-order valence-electron chi connectivity index (χ4n) is 1.14. The number of aliphatic hydroxyl groups is 1. The van der Waals surface area contributed by atoms with Crippen LogP contribution < -0.4 is 5.32 Å². The van der Waals surface area contributed by atoms with Crippen LogP contribution >= 0.6 is 0 Å². The summed E-state index contributed by atoms with van der Waals surface area (Å²) in [6.07, 6.45) is 11.5. The zero-order valence-electron chi connectivity index (χ0n) is 8.39. The second-order valence-corrected chi connectivity index (χ2v) is 3.20. The predicted molar refractivity (Wildman–Crippen MR) is 56.5 cm³/mol. The van der Waals surface area contributed by atoms with E-state index < -0.39 is 0 Å². The monoisotopic (exact) mass is 183 g/mol. The lowest BCUT2D eigenvalue weighted by molar-refractivity contribution is 0.283. The molecule has 0 aliphatic rings. The van der Waals surface area contributed by atoms with Crippen molar-refractivity contribution in [1.29, 1.82) is 0 Å². The van der Waals surface area contributed by atoms with Crippen LogP contribution in [-0.2, 0) is 0 Å². The van der Waals surface area contributed by atoms with Gasteiger partial charge in [0.15, 0.2) is 0 Å². The third-order valence-corrected chi connectivity index (χ3v) is 1.94. The van der Waals surface area contributed by atoms with E-state index >= 15 is 0 Å². The number of hydrogen-bond donors (Lipinski definition) is 2. The molecule has 0 bridgehead atoms. The zero-order chi connectivity index (χ0) is 9.78. The number of unbranched alkanes of at least 4 members (excludes halogenated alkanes) is 4. The fraction of sp³-hybridized carbons (Fsp3) is 0.818. The lowest BCUT2D eigenvalue weighted by Crippen LogP contribution is -2.16. The van der Waals surface area contributed by atoms with E-state index in [-0.39, 0.29) is 0 Å². The molecule has 0 aliphatic carbocycles. The van der Waals surface area contributed by atoms with Crippen molar-refractivity contribution in [3.8, 4) is 12.3 Å². The molecule has 0 amide bonds. The first kappa shape index (κ1) is 12.5. The summed E-state index contributed by atoms with van der Waals surface area (Å²) >= 11 is 0. The summed E-state index contributed by atoms with van der Waals surface area (Å²) in [5.74, 6) is 2.63. The third kappa shape index (κ3) is 11.5. The quantitative estimate of drug-likeness (QED) is 0.420. The normalized spacial score (nSPS) is 9.85. The van der Waals surface area contributed by atoms with Crippen molar-refractivity contribution >= 4 is 0 Å². The highest BCUT2D eigenvalue weighted by atomic mass is 16.2. The Morgan fingerprint density at radius 2 is 1.69 bits per heavy atom. The highest BCUT2D eigenvalue weighted by Crippen LogP contribution is 1.94. The van der Waals surface area contributed by atoms with Crippen LogP contribution in [0.2, 0.25) is 0 Å². The average molecular weight is 183 g/mol. The molecule has 0 aromatic rings. The fourth-order valence-corrected chi connectivity index (χ4v) is 1.14. The van der Waals surface area contributed by atoms with Gasteiger partial charge in [0.25, 0.3) is 0 Å². The van der Waals surface area contributed by atoms with Crippen molar-refractivity contribution in [1.82, 2.24) is 5.32 Å². The van der Waals surface area contributed by atoms with Crippen molar-refractivity contribution in [2.75, 3.05) is 19.7 Å². The van der Waals surface area contributed by atoms with Gasteiger partial charge in [-0.1, -0.05) is 0 Å². The van der Waals surface area contributed by atoms with Crippen molar-refractivity contribution in [2.24, 2.45) is 0 Å². The number of aliphatic hydroxyl groups excluding tert-OH is 1. The van der Waals surface area contributed by atoms with Crippen molar-refractivity contribution in [3.63, 3.8) is 0 Å². The second-order valence-electron chi connectivity index (χ2n) is 3.20. The van der Waals surface area contributed by atoms with Crippen LogP contribution in [0.3, 0.4) is 0 Å². The number of nitrogens with one attached hydrogen (secondary N) is 1. The zero-order valence-corrected chi connectivity index (χ0v) is 8.39. The van der Waals surface area contributed by atoms with Gasteiger partial charge in [0.2, 0.25) is 0 Å². The summed E-state index contributed by atoms with van der Waals surface area (Å²) in [5, 5.41) is 11.9. The van der Waals surface area contributed by atoms with Gasteiger partial charge in [-0.3, -0.25) is 0 Å². The van der Waals surface area contributed by atoms with Crippen molar-refractivity contribution in [2.45, 2.75) is 38.5 Å². The molecular weight excluding hydrogens is 162 g/mol. The van der Waals surface area contributed by atoms with Gasteiger partial charge in [0, 0.05) is 13.0 Å². The Balaban J connectivity index is 2.80. The van der Waals surface area contributed by atoms with E-state index in [0.29, 0.717) is 6.61 Å². The molecular formula is C11H21NO. The Kier molecular flexibility index (Phi) is 11.0.